The number of nitrogens with two attached hydrogens (primary N) is 1. The maximum absolute atomic E-state index is 12.8. The fourth-order valence-corrected chi connectivity index (χ4v) is 1.81. The number of nitro benzene ring substituents is 1. The number of anilines is 1. The van der Waals surface area contributed by atoms with Gasteiger partial charge < -0.3 is 11.1 Å². The molecule has 1 aromatic carbocycles. The lowest BCUT2D eigenvalue weighted by molar-refractivity contribution is -0.384. The second kappa shape index (κ2) is 4.36. The van der Waals surface area contributed by atoms with Crippen molar-refractivity contribution in [3.63, 3.8) is 0 Å². The minimum absolute atomic E-state index is 0.101. The van der Waals surface area contributed by atoms with Gasteiger partial charge in [0, 0.05) is 11.6 Å². The Labute approximate surface area is 110 Å². The largest absolute Gasteiger partial charge is 0.411 e. The van der Waals surface area contributed by atoms with E-state index in [1.165, 1.54) is 0 Å². The fourth-order valence-electron chi connectivity index (χ4n) is 1.81. The van der Waals surface area contributed by atoms with Gasteiger partial charge in [0.15, 0.2) is 0 Å². The van der Waals surface area contributed by atoms with E-state index in [9.17, 15) is 28.1 Å². The highest BCUT2D eigenvalue weighted by atomic mass is 19.4. The molecule has 0 radical (unpaired) electrons. The number of nitrogens with one attached hydrogen (secondary N) is 1. The highest BCUT2D eigenvalue weighted by Gasteiger charge is 2.64. The van der Waals surface area contributed by atoms with Crippen LogP contribution in [0.5, 0.6) is 0 Å². The molecule has 6 nitrogen and oxygen atoms in total. The predicted octanol–water partition coefficient (Wildman–Crippen LogP) is 2.20. The van der Waals surface area contributed by atoms with Crippen molar-refractivity contribution < 1.29 is 22.9 Å². The first-order valence-electron chi connectivity index (χ1n) is 5.59. The molecule has 0 unspecified atom stereocenters. The molecule has 0 saturated heterocycles. The van der Waals surface area contributed by atoms with Crippen LogP contribution in [0, 0.1) is 10.1 Å². The highest BCUT2D eigenvalue weighted by Crippen LogP contribution is 2.52. The molecular formula is C11H10F3N3O3. The number of nitrogens with zero attached hydrogens (tertiary/aromatic N) is 1. The number of halogens is 3. The number of hydrogen-bond acceptors (Lipinski definition) is 4. The predicted molar refractivity (Wildman–Crippen MR) is 63.3 cm³/mol. The number of carbonyl (C=O) groups is 1. The molecule has 1 fully saturated rings. The summed E-state index contributed by atoms with van der Waals surface area (Å²) < 4.78 is 38.5. The van der Waals surface area contributed by atoms with E-state index in [1.807, 2.05) is 0 Å². The van der Waals surface area contributed by atoms with Crippen LogP contribution in [0.1, 0.15) is 23.2 Å². The second-order valence-corrected chi connectivity index (χ2v) is 4.56. The average Bonchev–Trinajstić information content (AvgIpc) is 3.08. The van der Waals surface area contributed by atoms with E-state index in [1.54, 1.807) is 0 Å². The van der Waals surface area contributed by atoms with Gasteiger partial charge in [-0.2, -0.15) is 13.2 Å². The number of benzene rings is 1. The standard InChI is InChI=1S/C11H10F3N3O3/c12-11(13,14)10(3-4-10)16-7-5-6(9(15)18)1-2-8(7)17(19)20/h1-2,5,16H,3-4H2,(H2,15,18). The number of hydrogen-bond donors (Lipinski definition) is 2. The first-order valence-corrected chi connectivity index (χ1v) is 5.59. The van der Waals surface area contributed by atoms with Crippen molar-refractivity contribution in [1.82, 2.24) is 0 Å². The molecule has 1 aromatic rings. The number of rotatable bonds is 4. The van der Waals surface area contributed by atoms with Crippen molar-refractivity contribution in [3.05, 3.63) is 33.9 Å². The van der Waals surface area contributed by atoms with Gasteiger partial charge in [-0.1, -0.05) is 0 Å². The molecule has 0 heterocycles. The molecule has 3 N–H and O–H groups in total. The summed E-state index contributed by atoms with van der Waals surface area (Å²) in [5.41, 5.74) is 1.86. The molecule has 9 heteroatoms. The quantitative estimate of drug-likeness (QED) is 0.655. The molecule has 0 bridgehead atoms. The smallest absolute Gasteiger partial charge is 0.366 e. The van der Waals surface area contributed by atoms with Crippen LogP contribution in [0.15, 0.2) is 18.2 Å². The zero-order chi connectivity index (χ0) is 15.1. The van der Waals surface area contributed by atoms with Gasteiger partial charge in [0.1, 0.15) is 11.2 Å². The molecular weight excluding hydrogens is 279 g/mol. The van der Waals surface area contributed by atoms with Gasteiger partial charge in [-0.05, 0) is 25.0 Å². The van der Waals surface area contributed by atoms with E-state index in [-0.39, 0.29) is 24.1 Å². The molecule has 1 aliphatic carbocycles. The third-order valence-electron chi connectivity index (χ3n) is 3.14. The minimum Gasteiger partial charge on any atom is -0.366 e. The Hall–Kier alpha value is -2.32. The Kier molecular flexibility index (Phi) is 3.07. The topological polar surface area (TPSA) is 98.3 Å². The molecule has 0 spiro atoms. The summed E-state index contributed by atoms with van der Waals surface area (Å²) >= 11 is 0. The maximum Gasteiger partial charge on any atom is 0.411 e. The minimum atomic E-state index is -4.52. The zero-order valence-corrected chi connectivity index (χ0v) is 10.0. The molecule has 0 aliphatic heterocycles. The fraction of sp³-hybridized carbons (Fsp3) is 0.364. The molecule has 1 aliphatic rings. The van der Waals surface area contributed by atoms with Crippen molar-refractivity contribution in [2.24, 2.45) is 5.73 Å². The summed E-state index contributed by atoms with van der Waals surface area (Å²) in [5.74, 6) is -0.875. The van der Waals surface area contributed by atoms with Crippen LogP contribution in [0.3, 0.4) is 0 Å². The van der Waals surface area contributed by atoms with Gasteiger partial charge in [-0.15, -0.1) is 0 Å². The maximum atomic E-state index is 12.8. The molecule has 1 saturated carbocycles. The number of alkyl halides is 3. The molecule has 108 valence electrons. The van der Waals surface area contributed by atoms with E-state index < -0.39 is 28.2 Å². The van der Waals surface area contributed by atoms with Crippen molar-refractivity contribution in [1.29, 1.82) is 0 Å². The number of amides is 1. The summed E-state index contributed by atoms with van der Waals surface area (Å²) in [4.78, 5) is 21.0. The molecule has 1 amide bonds. The number of primary amides is 1. The Morgan fingerprint density at radius 2 is 2.00 bits per heavy atom. The van der Waals surface area contributed by atoms with Crippen molar-refractivity contribution in [2.45, 2.75) is 24.6 Å². The summed E-state index contributed by atoms with van der Waals surface area (Å²) in [6.07, 6.45) is -4.87. The second-order valence-electron chi connectivity index (χ2n) is 4.56. The summed E-state index contributed by atoms with van der Waals surface area (Å²) in [6.45, 7) is 0. The van der Waals surface area contributed by atoms with Crippen molar-refractivity contribution in [2.75, 3.05) is 5.32 Å². The molecule has 0 aromatic heterocycles. The Morgan fingerprint density at radius 1 is 1.40 bits per heavy atom. The van der Waals surface area contributed by atoms with E-state index in [2.05, 4.69) is 5.32 Å². The lowest BCUT2D eigenvalue weighted by Crippen LogP contribution is -2.38. The summed E-state index contributed by atoms with van der Waals surface area (Å²) in [7, 11) is 0. The van der Waals surface area contributed by atoms with Crippen LogP contribution in [-0.2, 0) is 0 Å². The lowest BCUT2D eigenvalue weighted by Gasteiger charge is -2.21. The first kappa shape index (κ1) is 14.1. The molecule has 20 heavy (non-hydrogen) atoms. The van der Waals surface area contributed by atoms with E-state index in [0.717, 1.165) is 18.2 Å². The van der Waals surface area contributed by atoms with Crippen LogP contribution in [0.2, 0.25) is 0 Å². The monoisotopic (exact) mass is 289 g/mol. The lowest BCUT2D eigenvalue weighted by atomic mass is 10.1. The van der Waals surface area contributed by atoms with Gasteiger partial charge in [0.25, 0.3) is 5.69 Å². The number of nitro groups is 1. The first-order chi connectivity index (χ1) is 9.16. The van der Waals surface area contributed by atoms with E-state index in [4.69, 9.17) is 5.73 Å². The van der Waals surface area contributed by atoms with Crippen LogP contribution in [0.25, 0.3) is 0 Å². The summed E-state index contributed by atoms with van der Waals surface area (Å²) in [6, 6.07) is 3.01. The van der Waals surface area contributed by atoms with E-state index >= 15 is 0 Å². The van der Waals surface area contributed by atoms with Crippen LogP contribution < -0.4 is 11.1 Å². The van der Waals surface area contributed by atoms with Crippen LogP contribution in [0.4, 0.5) is 24.5 Å². The Balaban J connectivity index is 2.41. The van der Waals surface area contributed by atoms with Crippen molar-refractivity contribution in [3.8, 4) is 0 Å². The third-order valence-corrected chi connectivity index (χ3v) is 3.14. The van der Waals surface area contributed by atoms with Crippen molar-refractivity contribution >= 4 is 17.3 Å². The number of carbonyl (C=O) groups excluding carboxylic acids is 1. The molecule has 2 rings (SSSR count). The van der Waals surface area contributed by atoms with Crippen LogP contribution >= 0.6 is 0 Å². The average molecular weight is 289 g/mol. The summed E-state index contributed by atoms with van der Waals surface area (Å²) in [5, 5.41) is 13.0. The SMILES string of the molecule is NC(=O)c1ccc([N+](=O)[O-])c(NC2(C(F)(F)F)CC2)c1. The Morgan fingerprint density at radius 3 is 2.40 bits per heavy atom. The van der Waals surface area contributed by atoms with Gasteiger partial charge in [-0.25, -0.2) is 0 Å². The van der Waals surface area contributed by atoms with Gasteiger partial charge in [-0.3, -0.25) is 14.9 Å². The van der Waals surface area contributed by atoms with E-state index in [0.29, 0.717) is 0 Å². The third kappa shape index (κ3) is 2.38. The normalized spacial score (nSPS) is 16.6. The van der Waals surface area contributed by atoms with Gasteiger partial charge >= 0.3 is 6.18 Å². The van der Waals surface area contributed by atoms with Crippen LogP contribution in [-0.4, -0.2) is 22.5 Å². The van der Waals surface area contributed by atoms with Gasteiger partial charge in [0.2, 0.25) is 5.91 Å². The zero-order valence-electron chi connectivity index (χ0n) is 10.0. The Bertz CT molecular complexity index is 582. The molecule has 0 atom stereocenters. The van der Waals surface area contributed by atoms with Gasteiger partial charge in [0.05, 0.1) is 4.92 Å². The highest BCUT2D eigenvalue weighted by molar-refractivity contribution is 5.94.